The fourth-order valence-corrected chi connectivity index (χ4v) is 1.75. The second kappa shape index (κ2) is 4.90. The molecule has 0 saturated carbocycles. The van der Waals surface area contributed by atoms with Crippen LogP contribution in [-0.2, 0) is 0 Å². The van der Waals surface area contributed by atoms with E-state index in [9.17, 15) is 21.7 Å². The maximum Gasteiger partial charge on any atom is 0.505 e. The molecule has 1 aromatic rings. The summed E-state index contributed by atoms with van der Waals surface area (Å²) in [4.78, 5) is -0.0254. The number of halogens is 5. The average molecular weight is 253 g/mol. The zero-order valence-electron chi connectivity index (χ0n) is 8.02. The van der Waals surface area contributed by atoms with E-state index in [-0.39, 0.29) is 4.90 Å². The van der Waals surface area contributed by atoms with Gasteiger partial charge in [-0.15, -0.1) is 23.8 Å². The Morgan fingerprint density at radius 2 is 1.88 bits per heavy atom. The van der Waals surface area contributed by atoms with Crippen LogP contribution in [0.4, 0.5) is 21.7 Å². The number of hydrogen-bond acceptors (Lipinski definition) is 1. The Kier molecular flexibility index (Phi) is 4.01. The molecule has 16 heavy (non-hydrogen) atoms. The predicted octanol–water partition coefficient (Wildman–Crippen LogP) is 4.00. The molecule has 7 heteroatoms. The van der Waals surface area contributed by atoms with E-state index in [1.807, 2.05) is 0 Å². The Labute approximate surface area is 93.6 Å². The highest BCUT2D eigenvalue weighted by molar-refractivity contribution is 7.99. The van der Waals surface area contributed by atoms with E-state index < -0.39 is 29.8 Å². The monoisotopic (exact) mass is 253 g/mol. The van der Waals surface area contributed by atoms with Crippen LogP contribution in [0.5, 0.6) is 0 Å². The lowest BCUT2D eigenvalue weighted by molar-refractivity contribution is 0.491. The van der Waals surface area contributed by atoms with Gasteiger partial charge in [-0.2, -0.15) is 0 Å². The summed E-state index contributed by atoms with van der Waals surface area (Å²) in [7, 11) is 0. The molecule has 0 aliphatic carbocycles. The van der Waals surface area contributed by atoms with Crippen LogP contribution in [0.2, 0.25) is 0 Å². The molecule has 1 rings (SSSR count). The molecule has 0 aliphatic heterocycles. The Morgan fingerprint density at radius 3 is 2.38 bits per heavy atom. The number of hydrogen-bond donors (Lipinski definition) is 0. The summed E-state index contributed by atoms with van der Waals surface area (Å²) in [6, 6.07) is 2.72. The third-order valence-electron chi connectivity index (χ3n) is 1.77. The van der Waals surface area contributed by atoms with Gasteiger partial charge in [0.2, 0.25) is 0 Å². The third kappa shape index (κ3) is 3.55. The normalized spacial score (nSPS) is 11.6. The van der Waals surface area contributed by atoms with Gasteiger partial charge in [0.15, 0.2) is 0 Å². The van der Waals surface area contributed by atoms with E-state index in [4.69, 9.17) is 0 Å². The van der Waals surface area contributed by atoms with Crippen LogP contribution in [0, 0.1) is 11.6 Å². The van der Waals surface area contributed by atoms with Crippen molar-refractivity contribution in [2.24, 2.45) is 0 Å². The first-order valence-electron chi connectivity index (χ1n) is 4.26. The summed E-state index contributed by atoms with van der Waals surface area (Å²) in [5, 5.41) is 0. The maximum absolute atomic E-state index is 13.0. The Morgan fingerprint density at radius 1 is 1.25 bits per heavy atom. The van der Waals surface area contributed by atoms with Crippen molar-refractivity contribution >= 4 is 18.7 Å². The molecule has 1 aromatic carbocycles. The lowest BCUT2D eigenvalue weighted by atomic mass is 9.82. The molecule has 0 saturated heterocycles. The van der Waals surface area contributed by atoms with E-state index >= 15 is 0 Å². The van der Waals surface area contributed by atoms with E-state index in [2.05, 4.69) is 6.58 Å². The van der Waals surface area contributed by atoms with Crippen molar-refractivity contribution < 1.29 is 21.7 Å². The molecular weight excluding hydrogens is 246 g/mol. The standard InChI is InChI=1S/C9H7BF5S/c1-6(10(13,14)15)5-16-9-3-2-7(11)4-8(9)12/h2-4H,1,5H2/q-1. The van der Waals surface area contributed by atoms with Gasteiger partial charge in [0.1, 0.15) is 11.6 Å². The van der Waals surface area contributed by atoms with Crippen molar-refractivity contribution in [2.75, 3.05) is 5.75 Å². The van der Waals surface area contributed by atoms with Crippen molar-refractivity contribution in [1.29, 1.82) is 0 Å². The molecule has 0 fully saturated rings. The predicted molar refractivity (Wildman–Crippen MR) is 55.3 cm³/mol. The molecule has 0 heterocycles. The molecule has 0 radical (unpaired) electrons. The molecular formula is C9H7BF5S-. The SMILES string of the molecule is C=C(CSc1ccc(F)cc1F)[B-](F)(F)F. The van der Waals surface area contributed by atoms with E-state index in [0.29, 0.717) is 17.8 Å². The van der Waals surface area contributed by atoms with Gasteiger partial charge in [0.05, 0.1) is 0 Å². The molecule has 0 unspecified atom stereocenters. The quantitative estimate of drug-likeness (QED) is 0.444. The van der Waals surface area contributed by atoms with Gasteiger partial charge in [-0.25, -0.2) is 8.78 Å². The maximum atomic E-state index is 13.0. The molecule has 0 nitrogen and oxygen atoms in total. The zero-order valence-corrected chi connectivity index (χ0v) is 8.84. The van der Waals surface area contributed by atoms with Gasteiger partial charge < -0.3 is 12.9 Å². The highest BCUT2D eigenvalue weighted by atomic mass is 32.2. The minimum atomic E-state index is -5.10. The summed E-state index contributed by atoms with van der Waals surface area (Å²) in [5.74, 6) is -2.08. The lowest BCUT2D eigenvalue weighted by Crippen LogP contribution is -2.20. The molecule has 0 bridgehead atoms. The second-order valence-electron chi connectivity index (χ2n) is 3.10. The Hall–Kier alpha value is -0.975. The average Bonchev–Trinajstić information content (AvgIpc) is 2.14. The lowest BCUT2D eigenvalue weighted by Gasteiger charge is -2.17. The van der Waals surface area contributed by atoms with Gasteiger partial charge in [0, 0.05) is 11.0 Å². The molecule has 0 atom stereocenters. The summed E-state index contributed by atoms with van der Waals surface area (Å²) < 4.78 is 61.9. The number of thioether (sulfide) groups is 1. The fourth-order valence-electron chi connectivity index (χ4n) is 0.857. The highest BCUT2D eigenvalue weighted by Gasteiger charge is 2.26. The molecule has 0 spiro atoms. The molecule has 0 amide bonds. The van der Waals surface area contributed by atoms with Crippen LogP contribution >= 0.6 is 11.8 Å². The smallest absolute Gasteiger partial charge is 0.445 e. The fraction of sp³-hybridized carbons (Fsp3) is 0.111. The van der Waals surface area contributed by atoms with E-state index in [1.54, 1.807) is 0 Å². The van der Waals surface area contributed by atoms with Crippen molar-refractivity contribution in [3.63, 3.8) is 0 Å². The minimum absolute atomic E-state index is 0.0254. The molecule has 88 valence electrons. The van der Waals surface area contributed by atoms with Gasteiger partial charge in [0.25, 0.3) is 0 Å². The minimum Gasteiger partial charge on any atom is -0.445 e. The van der Waals surface area contributed by atoms with Crippen molar-refractivity contribution in [3.8, 4) is 0 Å². The van der Waals surface area contributed by atoms with E-state index in [1.165, 1.54) is 0 Å². The van der Waals surface area contributed by atoms with Crippen LogP contribution in [0.3, 0.4) is 0 Å². The van der Waals surface area contributed by atoms with Gasteiger partial charge >= 0.3 is 6.98 Å². The van der Waals surface area contributed by atoms with Crippen LogP contribution in [0.15, 0.2) is 35.1 Å². The van der Waals surface area contributed by atoms with Gasteiger partial charge in [-0.1, -0.05) is 0 Å². The van der Waals surface area contributed by atoms with Crippen molar-refractivity contribution in [2.45, 2.75) is 4.90 Å². The first kappa shape index (κ1) is 13.1. The summed E-state index contributed by atoms with van der Waals surface area (Å²) in [5.41, 5.74) is -0.895. The van der Waals surface area contributed by atoms with Gasteiger partial charge in [-0.05, 0) is 17.9 Å². The van der Waals surface area contributed by atoms with Crippen LogP contribution in [-0.4, -0.2) is 12.7 Å². The highest BCUT2D eigenvalue weighted by Crippen LogP contribution is 2.28. The molecule has 0 aliphatic rings. The largest absolute Gasteiger partial charge is 0.505 e. The molecule has 0 aromatic heterocycles. The summed E-state index contributed by atoms with van der Waals surface area (Å²) in [6.45, 7) is -2.23. The third-order valence-corrected chi connectivity index (χ3v) is 2.93. The topological polar surface area (TPSA) is 0 Å². The molecule has 0 N–H and O–H groups in total. The Balaban J connectivity index is 2.65. The summed E-state index contributed by atoms with van der Waals surface area (Å²) in [6.07, 6.45) is 0. The van der Waals surface area contributed by atoms with E-state index in [0.717, 1.165) is 12.1 Å². The first-order chi connectivity index (χ1) is 7.30. The van der Waals surface area contributed by atoms with Crippen molar-refractivity contribution in [3.05, 3.63) is 41.9 Å². The number of rotatable bonds is 4. The van der Waals surface area contributed by atoms with Crippen LogP contribution < -0.4 is 0 Å². The van der Waals surface area contributed by atoms with Crippen LogP contribution in [0.1, 0.15) is 0 Å². The number of benzene rings is 1. The van der Waals surface area contributed by atoms with Crippen molar-refractivity contribution in [1.82, 2.24) is 0 Å². The van der Waals surface area contributed by atoms with Crippen LogP contribution in [0.25, 0.3) is 0 Å². The zero-order chi connectivity index (χ0) is 12.3. The first-order valence-corrected chi connectivity index (χ1v) is 5.24. The summed E-state index contributed by atoms with van der Waals surface area (Å²) >= 11 is 0.645. The Bertz CT molecular complexity index is 401. The second-order valence-corrected chi connectivity index (χ2v) is 4.11. The van der Waals surface area contributed by atoms with Gasteiger partial charge in [-0.3, -0.25) is 0 Å².